The molecular formula is C16H23NO3. The van der Waals surface area contributed by atoms with Crippen LogP contribution in [0.15, 0.2) is 18.2 Å². The minimum absolute atomic E-state index is 0.0170. The maximum atomic E-state index is 11.4. The number of carbonyl (C=O) groups excluding carboxylic acids is 1. The SMILES string of the molecule is COC(=O)[C@@H]1C[C@H](Oc2ccc(C(C)C)c(C)c2)CN1. The first-order chi connectivity index (χ1) is 9.51. The topological polar surface area (TPSA) is 47.6 Å². The molecule has 1 fully saturated rings. The number of hydrogen-bond acceptors (Lipinski definition) is 4. The van der Waals surface area contributed by atoms with Crippen molar-refractivity contribution >= 4 is 5.97 Å². The van der Waals surface area contributed by atoms with E-state index < -0.39 is 0 Å². The summed E-state index contributed by atoms with van der Waals surface area (Å²) in [6.45, 7) is 7.15. The summed E-state index contributed by atoms with van der Waals surface area (Å²) in [5.74, 6) is 1.16. The lowest BCUT2D eigenvalue weighted by atomic mass is 9.98. The van der Waals surface area contributed by atoms with Crippen LogP contribution in [-0.2, 0) is 9.53 Å². The fourth-order valence-corrected chi connectivity index (χ4v) is 2.68. The van der Waals surface area contributed by atoms with Crippen LogP contribution in [0.25, 0.3) is 0 Å². The fraction of sp³-hybridized carbons (Fsp3) is 0.562. The van der Waals surface area contributed by atoms with Crippen LogP contribution >= 0.6 is 0 Å². The van der Waals surface area contributed by atoms with Crippen molar-refractivity contribution in [3.8, 4) is 5.75 Å². The molecule has 20 heavy (non-hydrogen) atoms. The smallest absolute Gasteiger partial charge is 0.323 e. The van der Waals surface area contributed by atoms with Gasteiger partial charge in [0.05, 0.1) is 7.11 Å². The number of methoxy groups -OCH3 is 1. The molecule has 0 unspecified atom stereocenters. The zero-order valence-corrected chi connectivity index (χ0v) is 12.6. The Labute approximate surface area is 120 Å². The van der Waals surface area contributed by atoms with Gasteiger partial charge in [0.2, 0.25) is 0 Å². The Kier molecular flexibility index (Phi) is 4.65. The van der Waals surface area contributed by atoms with Crippen LogP contribution in [0.5, 0.6) is 5.75 Å². The van der Waals surface area contributed by atoms with Gasteiger partial charge in [-0.25, -0.2) is 0 Å². The molecule has 1 N–H and O–H groups in total. The maximum absolute atomic E-state index is 11.4. The van der Waals surface area contributed by atoms with Gasteiger partial charge in [0, 0.05) is 13.0 Å². The van der Waals surface area contributed by atoms with Crippen LogP contribution in [0.4, 0.5) is 0 Å². The number of ether oxygens (including phenoxy) is 2. The van der Waals surface area contributed by atoms with Crippen molar-refractivity contribution in [2.75, 3.05) is 13.7 Å². The first-order valence-corrected chi connectivity index (χ1v) is 7.09. The summed E-state index contributed by atoms with van der Waals surface area (Å²) in [5, 5.41) is 3.12. The molecule has 0 bridgehead atoms. The van der Waals surface area contributed by atoms with E-state index in [4.69, 9.17) is 9.47 Å². The van der Waals surface area contributed by atoms with E-state index in [-0.39, 0.29) is 18.1 Å². The van der Waals surface area contributed by atoms with Crippen molar-refractivity contribution in [3.05, 3.63) is 29.3 Å². The van der Waals surface area contributed by atoms with E-state index in [9.17, 15) is 4.79 Å². The van der Waals surface area contributed by atoms with Gasteiger partial charge < -0.3 is 14.8 Å². The molecule has 0 spiro atoms. The second-order valence-corrected chi connectivity index (χ2v) is 5.63. The fourth-order valence-electron chi connectivity index (χ4n) is 2.68. The summed E-state index contributed by atoms with van der Waals surface area (Å²) in [6.07, 6.45) is 0.667. The van der Waals surface area contributed by atoms with E-state index in [1.165, 1.54) is 18.2 Å². The second kappa shape index (κ2) is 6.27. The van der Waals surface area contributed by atoms with Crippen LogP contribution in [-0.4, -0.2) is 31.8 Å². The minimum Gasteiger partial charge on any atom is -0.489 e. The molecular weight excluding hydrogens is 254 g/mol. The average molecular weight is 277 g/mol. The molecule has 1 aromatic rings. The van der Waals surface area contributed by atoms with Crippen LogP contribution in [0.1, 0.15) is 37.3 Å². The Balaban J connectivity index is 1.98. The molecule has 1 heterocycles. The van der Waals surface area contributed by atoms with Crippen LogP contribution in [0.3, 0.4) is 0 Å². The molecule has 1 aliphatic heterocycles. The summed E-state index contributed by atoms with van der Waals surface area (Å²) in [7, 11) is 1.41. The molecule has 0 saturated carbocycles. The van der Waals surface area contributed by atoms with Gasteiger partial charge in [-0.15, -0.1) is 0 Å². The molecule has 0 aliphatic carbocycles. The highest BCUT2D eigenvalue weighted by molar-refractivity contribution is 5.76. The van der Waals surface area contributed by atoms with Crippen molar-refractivity contribution in [2.45, 2.75) is 45.3 Å². The number of hydrogen-bond donors (Lipinski definition) is 1. The third kappa shape index (κ3) is 3.31. The summed E-state index contributed by atoms with van der Waals surface area (Å²) in [4.78, 5) is 11.4. The number of carbonyl (C=O) groups is 1. The zero-order valence-electron chi connectivity index (χ0n) is 12.6. The summed E-state index contributed by atoms with van der Waals surface area (Å²) in [5.41, 5.74) is 2.59. The number of aryl methyl sites for hydroxylation is 1. The molecule has 1 saturated heterocycles. The van der Waals surface area contributed by atoms with Gasteiger partial charge in [0.15, 0.2) is 0 Å². The van der Waals surface area contributed by atoms with Crippen molar-refractivity contribution in [1.82, 2.24) is 5.32 Å². The van der Waals surface area contributed by atoms with E-state index in [1.807, 2.05) is 6.07 Å². The minimum atomic E-state index is -0.249. The lowest BCUT2D eigenvalue weighted by Crippen LogP contribution is -2.31. The molecule has 2 rings (SSSR count). The van der Waals surface area contributed by atoms with Gasteiger partial charge in [0.1, 0.15) is 17.9 Å². The highest BCUT2D eigenvalue weighted by Gasteiger charge is 2.31. The quantitative estimate of drug-likeness (QED) is 0.859. The van der Waals surface area contributed by atoms with Gasteiger partial charge >= 0.3 is 5.97 Å². The van der Waals surface area contributed by atoms with Gasteiger partial charge in [-0.2, -0.15) is 0 Å². The summed E-state index contributed by atoms with van der Waals surface area (Å²) < 4.78 is 10.7. The van der Waals surface area contributed by atoms with E-state index >= 15 is 0 Å². The van der Waals surface area contributed by atoms with Gasteiger partial charge in [-0.1, -0.05) is 19.9 Å². The molecule has 110 valence electrons. The van der Waals surface area contributed by atoms with Crippen molar-refractivity contribution in [2.24, 2.45) is 0 Å². The van der Waals surface area contributed by atoms with E-state index in [2.05, 4.69) is 38.2 Å². The number of rotatable bonds is 4. The normalized spacial score (nSPS) is 22.1. The average Bonchev–Trinajstić information content (AvgIpc) is 2.86. The lowest BCUT2D eigenvalue weighted by molar-refractivity contribution is -0.142. The van der Waals surface area contributed by atoms with Gasteiger partial charge in [-0.05, 0) is 36.1 Å². The predicted molar refractivity (Wildman–Crippen MR) is 78.1 cm³/mol. The molecule has 4 heteroatoms. The molecule has 1 aliphatic rings. The molecule has 0 radical (unpaired) electrons. The predicted octanol–water partition coefficient (Wildman–Crippen LogP) is 2.40. The molecule has 2 atom stereocenters. The first kappa shape index (κ1) is 14.9. The summed E-state index contributed by atoms with van der Waals surface area (Å²) in [6, 6.07) is 5.95. The van der Waals surface area contributed by atoms with Crippen LogP contribution < -0.4 is 10.1 Å². The Hall–Kier alpha value is -1.55. The Bertz CT molecular complexity index is 485. The highest BCUT2D eigenvalue weighted by Crippen LogP contribution is 2.25. The molecule has 4 nitrogen and oxygen atoms in total. The van der Waals surface area contributed by atoms with Crippen molar-refractivity contribution < 1.29 is 14.3 Å². The van der Waals surface area contributed by atoms with E-state index in [0.29, 0.717) is 18.9 Å². The second-order valence-electron chi connectivity index (χ2n) is 5.63. The standard InChI is InChI=1S/C16H23NO3/c1-10(2)14-6-5-12(7-11(14)3)20-13-8-15(17-9-13)16(18)19-4/h5-7,10,13,15,17H,8-9H2,1-4H3/t13-,15-/m0/s1. The molecule has 0 aromatic heterocycles. The number of esters is 1. The van der Waals surface area contributed by atoms with Crippen LogP contribution in [0, 0.1) is 6.92 Å². The van der Waals surface area contributed by atoms with Crippen molar-refractivity contribution in [3.63, 3.8) is 0 Å². The summed E-state index contributed by atoms with van der Waals surface area (Å²) >= 11 is 0. The maximum Gasteiger partial charge on any atom is 0.323 e. The first-order valence-electron chi connectivity index (χ1n) is 7.09. The Morgan fingerprint density at radius 1 is 1.40 bits per heavy atom. The zero-order chi connectivity index (χ0) is 14.7. The monoisotopic (exact) mass is 277 g/mol. The Morgan fingerprint density at radius 2 is 2.15 bits per heavy atom. The third-order valence-electron chi connectivity index (χ3n) is 3.74. The van der Waals surface area contributed by atoms with Crippen LogP contribution in [0.2, 0.25) is 0 Å². The van der Waals surface area contributed by atoms with E-state index in [0.717, 1.165) is 5.75 Å². The highest BCUT2D eigenvalue weighted by atomic mass is 16.5. The van der Waals surface area contributed by atoms with E-state index in [1.54, 1.807) is 0 Å². The van der Waals surface area contributed by atoms with Crippen molar-refractivity contribution in [1.29, 1.82) is 0 Å². The molecule has 1 aromatic carbocycles. The Morgan fingerprint density at radius 3 is 2.75 bits per heavy atom. The molecule has 0 amide bonds. The number of nitrogens with one attached hydrogen (secondary N) is 1. The van der Waals surface area contributed by atoms with Gasteiger partial charge in [-0.3, -0.25) is 4.79 Å². The largest absolute Gasteiger partial charge is 0.489 e. The van der Waals surface area contributed by atoms with Gasteiger partial charge in [0.25, 0.3) is 0 Å². The third-order valence-corrected chi connectivity index (χ3v) is 3.74. The lowest BCUT2D eigenvalue weighted by Gasteiger charge is -2.16. The number of benzene rings is 1.